The summed E-state index contributed by atoms with van der Waals surface area (Å²) in [4.78, 5) is 27.7. The number of pyridine rings is 1. The van der Waals surface area contributed by atoms with Crippen LogP contribution in [0.2, 0.25) is 0 Å². The maximum absolute atomic E-state index is 12.0. The van der Waals surface area contributed by atoms with Gasteiger partial charge in [0.05, 0.1) is 5.69 Å². The summed E-state index contributed by atoms with van der Waals surface area (Å²) in [6.07, 6.45) is 2.38. The standard InChI is InChI=1S/C18H25N5O2/c1-12(2)11-23-14(4)15(13(3)22-23)8-9-17(24)20-21-18(25)16-7-5-6-10-19-16/h5-7,10,12H,8-9,11H2,1-4H3,(H,20,24)(H,21,25). The van der Waals surface area contributed by atoms with Crippen molar-refractivity contribution in [3.8, 4) is 0 Å². The summed E-state index contributed by atoms with van der Waals surface area (Å²) in [5.41, 5.74) is 8.18. The molecule has 0 radical (unpaired) electrons. The van der Waals surface area contributed by atoms with E-state index in [1.807, 2.05) is 18.5 Å². The van der Waals surface area contributed by atoms with Crippen LogP contribution in [0.15, 0.2) is 24.4 Å². The van der Waals surface area contributed by atoms with Crippen LogP contribution in [0.25, 0.3) is 0 Å². The zero-order valence-corrected chi connectivity index (χ0v) is 15.2. The molecule has 0 aliphatic heterocycles. The Hall–Kier alpha value is -2.70. The number of aryl methyl sites for hydroxylation is 1. The number of amides is 2. The maximum atomic E-state index is 12.0. The van der Waals surface area contributed by atoms with Gasteiger partial charge in [-0.2, -0.15) is 5.10 Å². The second-order valence-corrected chi connectivity index (χ2v) is 6.44. The smallest absolute Gasteiger partial charge is 0.273 e. The van der Waals surface area contributed by atoms with Gasteiger partial charge < -0.3 is 0 Å². The number of carbonyl (C=O) groups excluding carboxylic acids is 2. The molecule has 2 N–H and O–H groups in total. The first-order chi connectivity index (χ1) is 11.9. The molecule has 0 atom stereocenters. The highest BCUT2D eigenvalue weighted by atomic mass is 16.2. The molecule has 25 heavy (non-hydrogen) atoms. The second-order valence-electron chi connectivity index (χ2n) is 6.44. The third-order valence-electron chi connectivity index (χ3n) is 3.88. The molecule has 2 amide bonds. The molecule has 7 nitrogen and oxygen atoms in total. The first-order valence-electron chi connectivity index (χ1n) is 8.41. The Bertz CT molecular complexity index is 737. The topological polar surface area (TPSA) is 88.9 Å². The van der Waals surface area contributed by atoms with Crippen LogP contribution >= 0.6 is 0 Å². The molecule has 0 saturated carbocycles. The highest BCUT2D eigenvalue weighted by Crippen LogP contribution is 2.16. The van der Waals surface area contributed by atoms with E-state index in [1.54, 1.807) is 18.2 Å². The van der Waals surface area contributed by atoms with E-state index < -0.39 is 5.91 Å². The van der Waals surface area contributed by atoms with Gasteiger partial charge in [0.25, 0.3) is 5.91 Å². The fourth-order valence-electron chi connectivity index (χ4n) is 2.61. The molecule has 0 saturated heterocycles. The van der Waals surface area contributed by atoms with Gasteiger partial charge in [-0.3, -0.25) is 30.1 Å². The van der Waals surface area contributed by atoms with E-state index in [1.165, 1.54) is 6.20 Å². The van der Waals surface area contributed by atoms with Crippen molar-refractivity contribution < 1.29 is 9.59 Å². The minimum atomic E-state index is -0.439. The van der Waals surface area contributed by atoms with Crippen LogP contribution in [-0.4, -0.2) is 26.6 Å². The highest BCUT2D eigenvalue weighted by Gasteiger charge is 2.14. The lowest BCUT2D eigenvalue weighted by Crippen LogP contribution is -2.42. The third kappa shape index (κ3) is 5.14. The van der Waals surface area contributed by atoms with Gasteiger partial charge in [-0.15, -0.1) is 0 Å². The van der Waals surface area contributed by atoms with Gasteiger partial charge in [-0.05, 0) is 43.9 Å². The predicted molar refractivity (Wildman–Crippen MR) is 94.7 cm³/mol. The average molecular weight is 343 g/mol. The predicted octanol–water partition coefficient (Wildman–Crippen LogP) is 1.94. The molecule has 134 valence electrons. The van der Waals surface area contributed by atoms with Crippen molar-refractivity contribution in [2.45, 2.75) is 47.1 Å². The quantitative estimate of drug-likeness (QED) is 0.785. The van der Waals surface area contributed by atoms with Crippen molar-refractivity contribution in [3.05, 3.63) is 47.0 Å². The number of carbonyl (C=O) groups is 2. The Labute approximate surface area is 147 Å². The first-order valence-corrected chi connectivity index (χ1v) is 8.41. The van der Waals surface area contributed by atoms with Crippen LogP contribution in [-0.2, 0) is 17.8 Å². The van der Waals surface area contributed by atoms with Gasteiger partial charge in [-0.25, -0.2) is 0 Å². The van der Waals surface area contributed by atoms with E-state index >= 15 is 0 Å². The van der Waals surface area contributed by atoms with Gasteiger partial charge in [0.15, 0.2) is 0 Å². The third-order valence-corrected chi connectivity index (χ3v) is 3.88. The van der Waals surface area contributed by atoms with Crippen molar-refractivity contribution in [2.75, 3.05) is 0 Å². The number of hydrogen-bond acceptors (Lipinski definition) is 4. The molecule has 0 bridgehead atoms. The molecule has 0 aliphatic carbocycles. The minimum Gasteiger partial charge on any atom is -0.273 e. The van der Waals surface area contributed by atoms with Crippen molar-refractivity contribution in [1.82, 2.24) is 25.6 Å². The SMILES string of the molecule is Cc1nn(CC(C)C)c(C)c1CCC(=O)NNC(=O)c1ccccn1. The van der Waals surface area contributed by atoms with E-state index in [-0.39, 0.29) is 18.0 Å². The van der Waals surface area contributed by atoms with Crippen LogP contribution in [0, 0.1) is 19.8 Å². The van der Waals surface area contributed by atoms with Crippen LogP contribution < -0.4 is 10.9 Å². The van der Waals surface area contributed by atoms with Crippen molar-refractivity contribution >= 4 is 11.8 Å². The monoisotopic (exact) mass is 343 g/mol. The van der Waals surface area contributed by atoms with Gasteiger partial charge in [0.1, 0.15) is 5.69 Å². The van der Waals surface area contributed by atoms with Gasteiger partial charge in [-0.1, -0.05) is 19.9 Å². The van der Waals surface area contributed by atoms with Gasteiger partial charge >= 0.3 is 0 Å². The summed E-state index contributed by atoms with van der Waals surface area (Å²) >= 11 is 0. The molecule has 7 heteroatoms. The molecule has 2 rings (SSSR count). The number of nitrogens with zero attached hydrogens (tertiary/aromatic N) is 3. The normalized spacial score (nSPS) is 10.8. The van der Waals surface area contributed by atoms with Crippen LogP contribution in [0.3, 0.4) is 0 Å². The summed E-state index contributed by atoms with van der Waals surface area (Å²) < 4.78 is 2.00. The fraction of sp³-hybridized carbons (Fsp3) is 0.444. The fourth-order valence-corrected chi connectivity index (χ4v) is 2.61. The number of rotatable bonds is 6. The van der Waals surface area contributed by atoms with Gasteiger partial charge in [0.2, 0.25) is 5.91 Å². The maximum Gasteiger partial charge on any atom is 0.288 e. The lowest BCUT2D eigenvalue weighted by atomic mass is 10.1. The first kappa shape index (κ1) is 18.6. The minimum absolute atomic E-state index is 0.250. The average Bonchev–Trinajstić information content (AvgIpc) is 2.84. The summed E-state index contributed by atoms with van der Waals surface area (Å²) in [7, 11) is 0. The Morgan fingerprint density at radius 3 is 2.60 bits per heavy atom. The zero-order valence-electron chi connectivity index (χ0n) is 15.2. The van der Waals surface area contributed by atoms with E-state index in [0.29, 0.717) is 12.3 Å². The van der Waals surface area contributed by atoms with E-state index in [4.69, 9.17) is 0 Å². The van der Waals surface area contributed by atoms with Gasteiger partial charge in [0, 0.05) is 24.9 Å². The summed E-state index contributed by atoms with van der Waals surface area (Å²) in [6.45, 7) is 9.14. The molecule has 0 aromatic carbocycles. The second kappa shape index (κ2) is 8.41. The van der Waals surface area contributed by atoms with E-state index in [0.717, 1.165) is 23.5 Å². The van der Waals surface area contributed by atoms with E-state index in [9.17, 15) is 9.59 Å². The molecule has 2 heterocycles. The van der Waals surface area contributed by atoms with Crippen LogP contribution in [0.1, 0.15) is 47.7 Å². The number of hydrazine groups is 1. The number of nitrogens with one attached hydrogen (secondary N) is 2. The molecule has 0 spiro atoms. The van der Waals surface area contributed by atoms with Crippen molar-refractivity contribution in [3.63, 3.8) is 0 Å². The number of aromatic nitrogens is 3. The molecule has 0 unspecified atom stereocenters. The van der Waals surface area contributed by atoms with Crippen LogP contribution in [0.5, 0.6) is 0 Å². The summed E-state index contributed by atoms with van der Waals surface area (Å²) in [5.74, 6) is -0.179. The van der Waals surface area contributed by atoms with E-state index in [2.05, 4.69) is 34.8 Å². The summed E-state index contributed by atoms with van der Waals surface area (Å²) in [6, 6.07) is 5.01. The largest absolute Gasteiger partial charge is 0.288 e. The summed E-state index contributed by atoms with van der Waals surface area (Å²) in [5, 5.41) is 4.55. The Morgan fingerprint density at radius 2 is 1.96 bits per heavy atom. The van der Waals surface area contributed by atoms with Crippen LogP contribution in [0.4, 0.5) is 0 Å². The molecule has 0 fully saturated rings. The molecular formula is C18H25N5O2. The molecule has 2 aromatic heterocycles. The molecule has 0 aliphatic rings. The Balaban J connectivity index is 1.86. The lowest BCUT2D eigenvalue weighted by Gasteiger charge is -2.09. The zero-order chi connectivity index (χ0) is 18.4. The number of hydrogen-bond donors (Lipinski definition) is 2. The Kier molecular flexibility index (Phi) is 6.27. The molecule has 2 aromatic rings. The van der Waals surface area contributed by atoms with Crippen molar-refractivity contribution in [2.24, 2.45) is 5.92 Å². The highest BCUT2D eigenvalue weighted by molar-refractivity contribution is 5.93. The lowest BCUT2D eigenvalue weighted by molar-refractivity contribution is -0.121. The Morgan fingerprint density at radius 1 is 1.20 bits per heavy atom. The molecular weight excluding hydrogens is 318 g/mol. The van der Waals surface area contributed by atoms with Crippen molar-refractivity contribution in [1.29, 1.82) is 0 Å².